The summed E-state index contributed by atoms with van der Waals surface area (Å²) in [5.41, 5.74) is 3.54. The Labute approximate surface area is 220 Å². The summed E-state index contributed by atoms with van der Waals surface area (Å²) >= 11 is 0. The van der Waals surface area contributed by atoms with Gasteiger partial charge in [-0.3, -0.25) is 0 Å². The van der Waals surface area contributed by atoms with Gasteiger partial charge in [0.05, 0.1) is 15.9 Å². The number of rotatable bonds is 9. The number of sulfone groups is 1. The molecule has 4 nitrogen and oxygen atoms in total. The summed E-state index contributed by atoms with van der Waals surface area (Å²) in [6.07, 6.45) is 0.954. The molecule has 4 aromatic carbocycles. The first-order valence-electron chi connectivity index (χ1n) is 12.6. The molecule has 37 heavy (non-hydrogen) atoms. The zero-order valence-corrected chi connectivity index (χ0v) is 22.9. The van der Waals surface area contributed by atoms with Crippen molar-refractivity contribution in [2.75, 3.05) is 0 Å². The van der Waals surface area contributed by atoms with Gasteiger partial charge < -0.3 is 9.47 Å². The summed E-state index contributed by atoms with van der Waals surface area (Å²) < 4.78 is 37.9. The van der Waals surface area contributed by atoms with Crippen molar-refractivity contribution in [2.24, 2.45) is 0 Å². The molecule has 4 rings (SSSR count). The van der Waals surface area contributed by atoms with E-state index in [0.29, 0.717) is 17.2 Å². The van der Waals surface area contributed by atoms with Gasteiger partial charge in [-0.05, 0) is 92.1 Å². The molecule has 5 heteroatoms. The molecule has 1 atom stereocenters. The molecule has 192 valence electrons. The molecular weight excluding hydrogens is 480 g/mol. The van der Waals surface area contributed by atoms with E-state index in [1.165, 1.54) is 16.7 Å². The fourth-order valence-electron chi connectivity index (χ4n) is 4.05. The van der Waals surface area contributed by atoms with E-state index in [2.05, 4.69) is 57.2 Å². The maximum Gasteiger partial charge on any atom is 0.206 e. The highest BCUT2D eigenvalue weighted by Crippen LogP contribution is 2.34. The lowest BCUT2D eigenvalue weighted by Gasteiger charge is -2.26. The maximum absolute atomic E-state index is 13.1. The van der Waals surface area contributed by atoms with Gasteiger partial charge >= 0.3 is 0 Å². The van der Waals surface area contributed by atoms with Crippen LogP contribution < -0.4 is 9.47 Å². The van der Waals surface area contributed by atoms with Gasteiger partial charge in [-0.15, -0.1) is 0 Å². The van der Waals surface area contributed by atoms with Crippen LogP contribution in [0.3, 0.4) is 0 Å². The molecule has 0 aromatic heterocycles. The van der Waals surface area contributed by atoms with E-state index in [4.69, 9.17) is 9.47 Å². The van der Waals surface area contributed by atoms with E-state index in [1.54, 1.807) is 48.5 Å². The van der Waals surface area contributed by atoms with Crippen LogP contribution in [0.1, 0.15) is 50.8 Å². The normalized spacial score (nSPS) is 12.7. The Morgan fingerprint density at radius 3 is 1.54 bits per heavy atom. The molecular formula is C32H34O4S. The molecule has 0 radical (unpaired) electrons. The van der Waals surface area contributed by atoms with E-state index in [-0.39, 0.29) is 21.3 Å². The van der Waals surface area contributed by atoms with Gasteiger partial charge in [0.15, 0.2) is 0 Å². The third-order valence-electron chi connectivity index (χ3n) is 6.77. The number of ether oxygens (including phenoxy) is 2. The Bertz CT molecular complexity index is 1420. The van der Waals surface area contributed by atoms with Crippen molar-refractivity contribution in [3.05, 3.63) is 114 Å². The molecule has 0 heterocycles. The van der Waals surface area contributed by atoms with Crippen molar-refractivity contribution in [1.82, 2.24) is 0 Å². The molecule has 0 spiro atoms. The topological polar surface area (TPSA) is 52.6 Å². The lowest BCUT2D eigenvalue weighted by Crippen LogP contribution is -2.18. The third-order valence-corrected chi connectivity index (χ3v) is 8.55. The standard InChI is InChI=1S/C32H34O4S/c1-6-24(3)35-27-15-19-30(20-16-27)37(33,34)31-21-17-29(18-22-31)36-28-13-11-26(12-14-28)32(4,5)25-9-7-23(2)8-10-25/h7-22,24H,6H2,1-5H3. The number of benzene rings is 4. The summed E-state index contributed by atoms with van der Waals surface area (Å²) in [6.45, 7) is 10.5. The highest BCUT2D eigenvalue weighted by molar-refractivity contribution is 7.91. The average molecular weight is 515 g/mol. The smallest absolute Gasteiger partial charge is 0.206 e. The van der Waals surface area contributed by atoms with Crippen LogP contribution in [-0.4, -0.2) is 14.5 Å². The molecule has 0 amide bonds. The molecule has 0 aliphatic rings. The van der Waals surface area contributed by atoms with Crippen molar-refractivity contribution in [3.63, 3.8) is 0 Å². The molecule has 0 bridgehead atoms. The zero-order valence-electron chi connectivity index (χ0n) is 22.1. The lowest BCUT2D eigenvalue weighted by atomic mass is 9.78. The second-order valence-electron chi connectivity index (χ2n) is 9.90. The highest BCUT2D eigenvalue weighted by Gasteiger charge is 2.23. The quantitative estimate of drug-likeness (QED) is 0.226. The van der Waals surface area contributed by atoms with Crippen LogP contribution in [0.2, 0.25) is 0 Å². The monoisotopic (exact) mass is 514 g/mol. The fourth-order valence-corrected chi connectivity index (χ4v) is 5.31. The molecule has 0 saturated carbocycles. The minimum absolute atomic E-state index is 0.0749. The summed E-state index contributed by atoms with van der Waals surface area (Å²) in [6, 6.07) is 29.7. The van der Waals surface area contributed by atoms with Gasteiger partial charge in [0.1, 0.15) is 17.2 Å². The molecule has 4 aromatic rings. The molecule has 0 saturated heterocycles. The summed E-state index contributed by atoms with van der Waals surface area (Å²) in [5.74, 6) is 1.92. The Kier molecular flexibility index (Phi) is 7.74. The Hall–Kier alpha value is -3.57. The van der Waals surface area contributed by atoms with Crippen LogP contribution >= 0.6 is 0 Å². The Morgan fingerprint density at radius 2 is 1.08 bits per heavy atom. The fraction of sp³-hybridized carbons (Fsp3) is 0.250. The van der Waals surface area contributed by atoms with E-state index >= 15 is 0 Å². The van der Waals surface area contributed by atoms with Crippen molar-refractivity contribution < 1.29 is 17.9 Å². The predicted molar refractivity (Wildman–Crippen MR) is 149 cm³/mol. The van der Waals surface area contributed by atoms with Crippen molar-refractivity contribution in [2.45, 2.75) is 62.3 Å². The van der Waals surface area contributed by atoms with Gasteiger partial charge in [0.25, 0.3) is 0 Å². The minimum atomic E-state index is -3.64. The van der Waals surface area contributed by atoms with Crippen molar-refractivity contribution in [3.8, 4) is 17.2 Å². The largest absolute Gasteiger partial charge is 0.491 e. The number of hydrogen-bond donors (Lipinski definition) is 0. The molecule has 1 unspecified atom stereocenters. The van der Waals surface area contributed by atoms with Gasteiger partial charge in [0, 0.05) is 5.41 Å². The molecule has 0 fully saturated rings. The van der Waals surface area contributed by atoms with Crippen LogP contribution in [-0.2, 0) is 15.3 Å². The second-order valence-corrected chi connectivity index (χ2v) is 11.9. The molecule has 0 N–H and O–H groups in total. The second kappa shape index (κ2) is 10.8. The summed E-state index contributed by atoms with van der Waals surface area (Å²) in [4.78, 5) is 0.440. The lowest BCUT2D eigenvalue weighted by molar-refractivity contribution is 0.217. The van der Waals surface area contributed by atoms with Crippen LogP contribution in [0, 0.1) is 6.92 Å². The summed E-state index contributed by atoms with van der Waals surface area (Å²) in [5, 5.41) is 0. The average Bonchev–Trinajstić information content (AvgIpc) is 2.90. The van der Waals surface area contributed by atoms with E-state index < -0.39 is 9.84 Å². The minimum Gasteiger partial charge on any atom is -0.491 e. The van der Waals surface area contributed by atoms with E-state index in [0.717, 1.165) is 6.42 Å². The van der Waals surface area contributed by atoms with E-state index in [1.807, 2.05) is 26.0 Å². The highest BCUT2D eigenvalue weighted by atomic mass is 32.2. The summed E-state index contributed by atoms with van der Waals surface area (Å²) in [7, 11) is -3.64. The van der Waals surface area contributed by atoms with Gasteiger partial charge in [-0.25, -0.2) is 8.42 Å². The Balaban J connectivity index is 1.45. The zero-order chi connectivity index (χ0) is 26.6. The first kappa shape index (κ1) is 26.5. The number of hydrogen-bond acceptors (Lipinski definition) is 4. The van der Waals surface area contributed by atoms with Crippen molar-refractivity contribution >= 4 is 9.84 Å². The van der Waals surface area contributed by atoms with Crippen molar-refractivity contribution in [1.29, 1.82) is 0 Å². The third kappa shape index (κ3) is 6.05. The molecule has 0 aliphatic heterocycles. The first-order valence-corrected chi connectivity index (χ1v) is 14.1. The van der Waals surface area contributed by atoms with Crippen LogP contribution in [0.25, 0.3) is 0 Å². The number of aryl methyl sites for hydroxylation is 1. The molecule has 0 aliphatic carbocycles. The van der Waals surface area contributed by atoms with Crippen LogP contribution in [0.4, 0.5) is 0 Å². The maximum atomic E-state index is 13.1. The van der Waals surface area contributed by atoms with E-state index in [9.17, 15) is 8.42 Å². The van der Waals surface area contributed by atoms with Gasteiger partial charge in [0.2, 0.25) is 9.84 Å². The predicted octanol–water partition coefficient (Wildman–Crippen LogP) is 8.12. The SMILES string of the molecule is CCC(C)Oc1ccc(S(=O)(=O)c2ccc(Oc3ccc(C(C)(C)c4ccc(C)cc4)cc3)cc2)cc1. The first-order chi connectivity index (χ1) is 17.6. The van der Waals surface area contributed by atoms with Crippen LogP contribution in [0.5, 0.6) is 17.2 Å². The van der Waals surface area contributed by atoms with Gasteiger partial charge in [-0.1, -0.05) is 62.7 Å². The Morgan fingerprint density at radius 1 is 0.676 bits per heavy atom. The van der Waals surface area contributed by atoms with Crippen LogP contribution in [0.15, 0.2) is 107 Å². The van der Waals surface area contributed by atoms with Gasteiger partial charge in [-0.2, -0.15) is 0 Å².